The van der Waals surface area contributed by atoms with Crippen LogP contribution in [-0.4, -0.2) is 50.8 Å². The minimum absolute atomic E-state index is 0.0396. The first kappa shape index (κ1) is 20.0. The van der Waals surface area contributed by atoms with Gasteiger partial charge in [0.05, 0.1) is 29.6 Å². The lowest BCUT2D eigenvalue weighted by Crippen LogP contribution is -2.46. The van der Waals surface area contributed by atoms with Crippen LogP contribution in [0.3, 0.4) is 0 Å². The predicted molar refractivity (Wildman–Crippen MR) is 114 cm³/mol. The fraction of sp³-hybridized carbons (Fsp3) is 0.300. The van der Waals surface area contributed by atoms with Gasteiger partial charge in [-0.3, -0.25) is 14.7 Å². The van der Waals surface area contributed by atoms with Gasteiger partial charge in [-0.1, -0.05) is 12.1 Å². The van der Waals surface area contributed by atoms with Crippen molar-refractivity contribution in [3.63, 3.8) is 0 Å². The zero-order chi connectivity index (χ0) is 21.1. The van der Waals surface area contributed by atoms with Crippen LogP contribution in [0.4, 0.5) is 11.4 Å². The van der Waals surface area contributed by atoms with Crippen molar-refractivity contribution in [1.29, 1.82) is 0 Å². The first-order valence-electron chi connectivity index (χ1n) is 9.54. The molecule has 1 aromatic carbocycles. The SMILES string of the molecule is NC(=O)CC1(O)CCN(c2ccccc2NC(=O)c2csc(-c3cn[nH]c3)n2)CC1. The number of piperidine rings is 1. The Balaban J connectivity index is 1.46. The first-order valence-corrected chi connectivity index (χ1v) is 10.4. The van der Waals surface area contributed by atoms with E-state index in [4.69, 9.17) is 5.73 Å². The van der Waals surface area contributed by atoms with E-state index in [-0.39, 0.29) is 12.3 Å². The number of nitrogens with two attached hydrogens (primary N) is 1. The number of aromatic amines is 1. The summed E-state index contributed by atoms with van der Waals surface area (Å²) in [4.78, 5) is 30.4. The Morgan fingerprint density at radius 3 is 2.77 bits per heavy atom. The van der Waals surface area contributed by atoms with E-state index in [1.807, 2.05) is 24.3 Å². The highest BCUT2D eigenvalue weighted by atomic mass is 32.1. The number of primary amides is 1. The number of benzene rings is 1. The third-order valence-corrected chi connectivity index (χ3v) is 6.06. The Morgan fingerprint density at radius 2 is 2.07 bits per heavy atom. The number of para-hydroxylation sites is 2. The van der Waals surface area contributed by atoms with Crippen molar-refractivity contribution in [2.24, 2.45) is 5.73 Å². The number of hydrogen-bond acceptors (Lipinski definition) is 7. The summed E-state index contributed by atoms with van der Waals surface area (Å²) in [7, 11) is 0. The van der Waals surface area contributed by atoms with Crippen molar-refractivity contribution in [1.82, 2.24) is 15.2 Å². The van der Waals surface area contributed by atoms with Crippen LogP contribution in [0.1, 0.15) is 29.8 Å². The average Bonchev–Trinajstić information content (AvgIpc) is 3.40. The van der Waals surface area contributed by atoms with Gasteiger partial charge in [0.2, 0.25) is 5.91 Å². The van der Waals surface area contributed by atoms with Crippen LogP contribution in [0.5, 0.6) is 0 Å². The summed E-state index contributed by atoms with van der Waals surface area (Å²) in [6.45, 7) is 1.11. The molecular weight excluding hydrogens is 404 g/mol. The predicted octanol–water partition coefficient (Wildman–Crippen LogP) is 1.99. The van der Waals surface area contributed by atoms with Gasteiger partial charge in [0.25, 0.3) is 5.91 Å². The zero-order valence-corrected chi connectivity index (χ0v) is 17.0. The van der Waals surface area contributed by atoms with E-state index in [2.05, 4.69) is 25.4 Å². The molecule has 1 aliphatic heterocycles. The number of aliphatic hydroxyl groups is 1. The fourth-order valence-electron chi connectivity index (χ4n) is 3.58. The molecule has 3 aromatic rings. The third-order valence-electron chi connectivity index (χ3n) is 5.17. The second kappa shape index (κ2) is 8.25. The molecule has 3 heterocycles. The number of anilines is 2. The fourth-order valence-corrected chi connectivity index (χ4v) is 4.37. The van der Waals surface area contributed by atoms with Crippen LogP contribution < -0.4 is 16.0 Å². The number of rotatable bonds is 6. The average molecular weight is 427 g/mol. The molecule has 156 valence electrons. The highest BCUT2D eigenvalue weighted by Crippen LogP contribution is 2.33. The van der Waals surface area contributed by atoms with Crippen molar-refractivity contribution in [2.75, 3.05) is 23.3 Å². The number of amides is 2. The Hall–Kier alpha value is -3.24. The molecule has 1 aliphatic rings. The minimum Gasteiger partial charge on any atom is -0.389 e. The summed E-state index contributed by atoms with van der Waals surface area (Å²) in [5.74, 6) is -0.799. The van der Waals surface area contributed by atoms with E-state index < -0.39 is 11.5 Å². The number of aromatic nitrogens is 3. The van der Waals surface area contributed by atoms with Crippen LogP contribution in [0.2, 0.25) is 0 Å². The smallest absolute Gasteiger partial charge is 0.275 e. The maximum Gasteiger partial charge on any atom is 0.275 e. The summed E-state index contributed by atoms with van der Waals surface area (Å²) in [5, 5.41) is 22.5. The highest BCUT2D eigenvalue weighted by Gasteiger charge is 2.34. The maximum absolute atomic E-state index is 12.8. The lowest BCUT2D eigenvalue weighted by Gasteiger charge is -2.39. The summed E-state index contributed by atoms with van der Waals surface area (Å²) in [5.41, 5.74) is 6.88. The van der Waals surface area contributed by atoms with Gasteiger partial charge >= 0.3 is 0 Å². The third kappa shape index (κ3) is 4.34. The standard InChI is InChI=1S/C20H22N6O3S/c21-17(27)9-20(29)5-7-26(8-6-20)16-4-2-1-3-14(16)24-18(28)15-12-30-19(25-15)13-10-22-23-11-13/h1-4,10-12,29H,5-9H2,(H2,21,27)(H,22,23)(H,24,28). The topological polar surface area (TPSA) is 137 Å². The van der Waals surface area contributed by atoms with Crippen LogP contribution in [0.25, 0.3) is 10.6 Å². The van der Waals surface area contributed by atoms with Gasteiger partial charge in [0.1, 0.15) is 10.7 Å². The van der Waals surface area contributed by atoms with E-state index in [0.717, 1.165) is 11.3 Å². The Bertz CT molecular complexity index is 1040. The monoisotopic (exact) mass is 426 g/mol. The molecule has 0 unspecified atom stereocenters. The summed E-state index contributed by atoms with van der Waals surface area (Å²) >= 11 is 1.38. The Morgan fingerprint density at radius 1 is 1.30 bits per heavy atom. The molecular formula is C20H22N6O3S. The lowest BCUT2D eigenvalue weighted by atomic mass is 9.87. The van der Waals surface area contributed by atoms with Crippen molar-refractivity contribution in [2.45, 2.75) is 24.9 Å². The largest absolute Gasteiger partial charge is 0.389 e. The van der Waals surface area contributed by atoms with Gasteiger partial charge in [-0.25, -0.2) is 4.98 Å². The van der Waals surface area contributed by atoms with Gasteiger partial charge in [0.15, 0.2) is 0 Å². The molecule has 30 heavy (non-hydrogen) atoms. The van der Waals surface area contributed by atoms with E-state index in [0.29, 0.717) is 42.3 Å². The molecule has 9 nitrogen and oxygen atoms in total. The van der Waals surface area contributed by atoms with Gasteiger partial charge < -0.3 is 21.1 Å². The van der Waals surface area contributed by atoms with Crippen LogP contribution in [0.15, 0.2) is 42.0 Å². The molecule has 2 aromatic heterocycles. The van der Waals surface area contributed by atoms with Gasteiger partial charge in [-0.2, -0.15) is 5.10 Å². The molecule has 1 saturated heterocycles. The van der Waals surface area contributed by atoms with Gasteiger partial charge in [-0.05, 0) is 25.0 Å². The molecule has 0 saturated carbocycles. The maximum atomic E-state index is 12.8. The van der Waals surface area contributed by atoms with Crippen LogP contribution >= 0.6 is 11.3 Å². The van der Waals surface area contributed by atoms with Crippen LogP contribution in [-0.2, 0) is 4.79 Å². The molecule has 1 fully saturated rings. The number of nitrogens with zero attached hydrogens (tertiary/aromatic N) is 3. The van der Waals surface area contributed by atoms with Crippen molar-refractivity contribution >= 4 is 34.5 Å². The Kier molecular flexibility index (Phi) is 5.51. The van der Waals surface area contributed by atoms with Crippen LogP contribution in [0, 0.1) is 0 Å². The van der Waals surface area contributed by atoms with Gasteiger partial charge in [0, 0.05) is 30.2 Å². The quantitative estimate of drug-likeness (QED) is 0.476. The normalized spacial score (nSPS) is 15.7. The van der Waals surface area contributed by atoms with Gasteiger partial charge in [-0.15, -0.1) is 11.3 Å². The number of carbonyl (C=O) groups excluding carboxylic acids is 2. The highest BCUT2D eigenvalue weighted by molar-refractivity contribution is 7.13. The second-order valence-corrected chi connectivity index (χ2v) is 8.21. The van der Waals surface area contributed by atoms with E-state index in [1.165, 1.54) is 11.3 Å². The van der Waals surface area contributed by atoms with Crippen molar-refractivity contribution in [3.05, 3.63) is 47.7 Å². The number of thiazole rings is 1. The molecule has 0 aliphatic carbocycles. The molecule has 0 spiro atoms. The zero-order valence-electron chi connectivity index (χ0n) is 16.2. The number of nitrogens with one attached hydrogen (secondary N) is 2. The molecule has 5 N–H and O–H groups in total. The lowest BCUT2D eigenvalue weighted by molar-refractivity contribution is -0.123. The second-order valence-electron chi connectivity index (χ2n) is 7.35. The molecule has 0 radical (unpaired) electrons. The minimum atomic E-state index is -1.06. The number of carbonyl (C=O) groups is 2. The molecule has 0 atom stereocenters. The van der Waals surface area contributed by atoms with E-state index >= 15 is 0 Å². The molecule has 2 amide bonds. The van der Waals surface area contributed by atoms with Crippen molar-refractivity contribution < 1.29 is 14.7 Å². The summed E-state index contributed by atoms with van der Waals surface area (Å²) in [6, 6.07) is 7.51. The summed E-state index contributed by atoms with van der Waals surface area (Å²) < 4.78 is 0. The van der Waals surface area contributed by atoms with E-state index in [1.54, 1.807) is 17.8 Å². The Labute approximate surface area is 176 Å². The number of hydrogen-bond donors (Lipinski definition) is 4. The number of H-pyrrole nitrogens is 1. The molecule has 0 bridgehead atoms. The first-order chi connectivity index (χ1) is 14.4. The summed E-state index contributed by atoms with van der Waals surface area (Å²) in [6.07, 6.45) is 4.20. The molecule has 10 heteroatoms. The van der Waals surface area contributed by atoms with Crippen molar-refractivity contribution in [3.8, 4) is 10.6 Å². The molecule has 4 rings (SSSR count). The van der Waals surface area contributed by atoms with E-state index in [9.17, 15) is 14.7 Å².